The van der Waals surface area contributed by atoms with Gasteiger partial charge in [0.25, 0.3) is 0 Å². The molecule has 0 saturated carbocycles. The van der Waals surface area contributed by atoms with E-state index in [2.05, 4.69) is 69.5 Å². The van der Waals surface area contributed by atoms with Gasteiger partial charge < -0.3 is 0 Å². The van der Waals surface area contributed by atoms with E-state index in [1.165, 1.54) is 22.1 Å². The molecule has 2 aromatic rings. The first-order valence-corrected chi connectivity index (χ1v) is 6.93. The van der Waals surface area contributed by atoms with Crippen molar-refractivity contribution in [1.29, 1.82) is 5.26 Å². The van der Waals surface area contributed by atoms with Crippen LogP contribution in [0.5, 0.6) is 0 Å². The number of fused-ring (bicyclic) bond motifs is 1. The molecule has 0 aliphatic heterocycles. The molecule has 14 heavy (non-hydrogen) atoms. The molecule has 0 unspecified atom stereocenters. The van der Waals surface area contributed by atoms with Crippen LogP contribution in [0, 0.1) is 17.8 Å². The molecule has 0 N–H and O–H groups in total. The summed E-state index contributed by atoms with van der Waals surface area (Å²) in [7, 11) is 0. The van der Waals surface area contributed by atoms with E-state index < -0.39 is 0 Å². The number of halogens is 2. The zero-order valence-electron chi connectivity index (χ0n) is 7.05. The maximum Gasteiger partial charge on any atom is 0.0708 e. The maximum absolute atomic E-state index is 8.76. The molecule has 0 amide bonds. The molecule has 0 bridgehead atoms. The number of hydrogen-bond acceptors (Lipinski definition) is 2. The van der Waals surface area contributed by atoms with Crippen LogP contribution < -0.4 is 0 Å². The fraction of sp³-hybridized carbons (Fsp3) is 0.100. The zero-order chi connectivity index (χ0) is 10.1. The van der Waals surface area contributed by atoms with E-state index in [4.69, 9.17) is 5.26 Å². The van der Waals surface area contributed by atoms with Gasteiger partial charge in [0.1, 0.15) is 0 Å². The van der Waals surface area contributed by atoms with E-state index in [1.54, 1.807) is 11.3 Å². The van der Waals surface area contributed by atoms with Gasteiger partial charge in [-0.2, -0.15) is 5.26 Å². The van der Waals surface area contributed by atoms with Crippen LogP contribution in [0.15, 0.2) is 18.2 Å². The Morgan fingerprint density at radius 3 is 2.86 bits per heavy atom. The highest BCUT2D eigenvalue weighted by Crippen LogP contribution is 2.35. The molecule has 0 spiro atoms. The molecule has 0 aliphatic carbocycles. The molecule has 2 rings (SSSR count). The van der Waals surface area contributed by atoms with Crippen molar-refractivity contribution in [3.05, 3.63) is 30.2 Å². The molecule has 0 fully saturated rings. The molecule has 1 heterocycles. The summed E-state index contributed by atoms with van der Waals surface area (Å²) in [6, 6.07) is 8.50. The molecule has 1 aromatic heterocycles. The van der Waals surface area contributed by atoms with Crippen molar-refractivity contribution in [3.63, 3.8) is 0 Å². The third kappa shape index (κ3) is 1.77. The van der Waals surface area contributed by atoms with Gasteiger partial charge in [-0.15, -0.1) is 11.3 Å². The van der Waals surface area contributed by atoms with E-state index in [9.17, 15) is 0 Å². The first-order chi connectivity index (χ1) is 6.74. The van der Waals surface area contributed by atoms with Gasteiger partial charge in [0.15, 0.2) is 0 Å². The van der Waals surface area contributed by atoms with Crippen LogP contribution in [0.4, 0.5) is 0 Å². The number of thiophene rings is 1. The van der Waals surface area contributed by atoms with Crippen LogP contribution in [0.1, 0.15) is 5.56 Å². The van der Waals surface area contributed by atoms with Crippen molar-refractivity contribution in [3.8, 4) is 6.07 Å². The average Bonchev–Trinajstić information content (AvgIpc) is 2.45. The van der Waals surface area contributed by atoms with Gasteiger partial charge in [-0.25, -0.2) is 0 Å². The normalized spacial score (nSPS) is 10.4. The summed E-state index contributed by atoms with van der Waals surface area (Å²) in [4.78, 5) is 0. The summed E-state index contributed by atoms with van der Waals surface area (Å²) in [6.07, 6.45) is 0.512. The number of rotatable bonds is 1. The van der Waals surface area contributed by atoms with E-state index in [1.807, 2.05) is 0 Å². The average molecular weight is 425 g/mol. The van der Waals surface area contributed by atoms with Crippen molar-refractivity contribution >= 4 is 66.6 Å². The summed E-state index contributed by atoms with van der Waals surface area (Å²) in [6.45, 7) is 0. The monoisotopic (exact) mass is 425 g/mol. The standard InChI is InChI=1S/C10H5I2NS/c11-7-2-1-3-8-9(7)6(4-5-13)10(12)14-8/h1-3H,4H2. The fourth-order valence-corrected chi connectivity index (χ4v) is 4.53. The van der Waals surface area contributed by atoms with Gasteiger partial charge in [-0.3, -0.25) is 0 Å². The van der Waals surface area contributed by atoms with Crippen LogP contribution in [0.25, 0.3) is 10.1 Å². The minimum atomic E-state index is 0.512. The fourth-order valence-electron chi connectivity index (χ4n) is 1.38. The van der Waals surface area contributed by atoms with Gasteiger partial charge in [-0.05, 0) is 62.9 Å². The van der Waals surface area contributed by atoms with Crippen LogP contribution in [0.2, 0.25) is 0 Å². The lowest BCUT2D eigenvalue weighted by Gasteiger charge is -1.96. The quantitative estimate of drug-likeness (QED) is 0.630. The summed E-state index contributed by atoms with van der Waals surface area (Å²) < 4.78 is 3.76. The third-order valence-electron chi connectivity index (χ3n) is 1.97. The second-order valence-electron chi connectivity index (χ2n) is 2.80. The smallest absolute Gasteiger partial charge is 0.0708 e. The highest BCUT2D eigenvalue weighted by atomic mass is 127. The van der Waals surface area contributed by atoms with Gasteiger partial charge in [0, 0.05) is 13.7 Å². The number of benzene rings is 1. The Balaban J connectivity index is 2.81. The molecule has 0 saturated heterocycles. The van der Waals surface area contributed by atoms with Gasteiger partial charge in [0.2, 0.25) is 0 Å². The van der Waals surface area contributed by atoms with E-state index in [0.717, 1.165) is 0 Å². The molecule has 0 aliphatic rings. The lowest BCUT2D eigenvalue weighted by atomic mass is 10.1. The van der Waals surface area contributed by atoms with Crippen LogP contribution in [-0.4, -0.2) is 0 Å². The maximum atomic E-state index is 8.76. The minimum absolute atomic E-state index is 0.512. The first-order valence-electron chi connectivity index (χ1n) is 3.96. The second kappa shape index (κ2) is 4.33. The highest BCUT2D eigenvalue weighted by molar-refractivity contribution is 14.1. The van der Waals surface area contributed by atoms with Gasteiger partial charge >= 0.3 is 0 Å². The number of nitrogens with zero attached hydrogens (tertiary/aromatic N) is 1. The van der Waals surface area contributed by atoms with Crippen LogP contribution in [-0.2, 0) is 6.42 Å². The third-order valence-corrected chi connectivity index (χ3v) is 5.17. The van der Waals surface area contributed by atoms with Crippen molar-refractivity contribution in [2.24, 2.45) is 0 Å². The number of hydrogen-bond donors (Lipinski definition) is 0. The summed E-state index contributed by atoms with van der Waals surface area (Å²) in [5.74, 6) is 0. The minimum Gasteiger partial charge on any atom is -0.198 e. The molecule has 70 valence electrons. The predicted octanol–water partition coefficient (Wildman–Crippen LogP) is 4.18. The largest absolute Gasteiger partial charge is 0.198 e. The SMILES string of the molecule is N#CCc1c(I)sc2cccc(I)c12. The molecule has 1 aromatic carbocycles. The van der Waals surface area contributed by atoms with Crippen molar-refractivity contribution in [1.82, 2.24) is 0 Å². The predicted molar refractivity (Wildman–Crippen MR) is 76.6 cm³/mol. The summed E-state index contributed by atoms with van der Waals surface area (Å²) >= 11 is 6.41. The second-order valence-corrected chi connectivity index (χ2v) is 6.83. The van der Waals surface area contributed by atoms with E-state index in [0.29, 0.717) is 6.42 Å². The van der Waals surface area contributed by atoms with Gasteiger partial charge in [-0.1, -0.05) is 6.07 Å². The Labute approximate surface area is 113 Å². The Morgan fingerprint density at radius 1 is 1.36 bits per heavy atom. The molecule has 1 nitrogen and oxygen atoms in total. The summed E-state index contributed by atoms with van der Waals surface area (Å²) in [5.41, 5.74) is 1.19. The molecule has 0 atom stereocenters. The molecule has 4 heteroatoms. The highest BCUT2D eigenvalue weighted by Gasteiger charge is 2.11. The molecular weight excluding hydrogens is 420 g/mol. The zero-order valence-corrected chi connectivity index (χ0v) is 12.2. The lowest BCUT2D eigenvalue weighted by Crippen LogP contribution is -1.83. The van der Waals surface area contributed by atoms with Crippen molar-refractivity contribution in [2.45, 2.75) is 6.42 Å². The van der Waals surface area contributed by atoms with Gasteiger partial charge in [0.05, 0.1) is 15.4 Å². The van der Waals surface area contributed by atoms with Crippen molar-refractivity contribution in [2.75, 3.05) is 0 Å². The summed E-state index contributed by atoms with van der Waals surface area (Å²) in [5, 5.41) is 10.0. The molecular formula is C10H5I2NS. The Hall–Kier alpha value is 0.130. The number of nitriles is 1. The Morgan fingerprint density at radius 2 is 2.14 bits per heavy atom. The van der Waals surface area contributed by atoms with Crippen LogP contribution >= 0.6 is 56.5 Å². The lowest BCUT2D eigenvalue weighted by molar-refractivity contribution is 1.29. The van der Waals surface area contributed by atoms with E-state index in [-0.39, 0.29) is 0 Å². The van der Waals surface area contributed by atoms with Crippen molar-refractivity contribution < 1.29 is 0 Å². The van der Waals surface area contributed by atoms with Crippen LogP contribution in [0.3, 0.4) is 0 Å². The Kier molecular flexibility index (Phi) is 3.29. The first kappa shape index (κ1) is 10.6. The molecule has 0 radical (unpaired) electrons. The topological polar surface area (TPSA) is 23.8 Å². The van der Waals surface area contributed by atoms with E-state index >= 15 is 0 Å². The Bertz CT molecular complexity index is 525.